The standard InChI is InChI=1S/C13H11N3O3/c1-16-10-3-2-7(4-8(10)5-12(16)18)9-6-11(17)15-13(19)14-9/h2-4,6H,5H2,1H3,(H2,14,15,17,19). The summed E-state index contributed by atoms with van der Waals surface area (Å²) in [6, 6.07) is 6.73. The molecule has 2 N–H and O–H groups in total. The number of carbonyl (C=O) groups excluding carboxylic acids is 1. The van der Waals surface area contributed by atoms with Crippen LogP contribution >= 0.6 is 0 Å². The molecule has 6 nitrogen and oxygen atoms in total. The van der Waals surface area contributed by atoms with Crippen LogP contribution in [0.25, 0.3) is 11.3 Å². The van der Waals surface area contributed by atoms with Gasteiger partial charge in [0.2, 0.25) is 5.91 Å². The molecule has 1 aliphatic heterocycles. The summed E-state index contributed by atoms with van der Waals surface area (Å²) in [5, 5.41) is 0. The average molecular weight is 257 g/mol. The first-order valence-corrected chi connectivity index (χ1v) is 5.78. The third kappa shape index (κ3) is 1.87. The Labute approximate surface area is 107 Å². The van der Waals surface area contributed by atoms with Crippen LogP contribution in [0.15, 0.2) is 33.9 Å². The summed E-state index contributed by atoms with van der Waals surface area (Å²) in [5.41, 5.74) is 1.92. The van der Waals surface area contributed by atoms with E-state index < -0.39 is 11.2 Å². The molecule has 96 valence electrons. The number of anilines is 1. The Hall–Kier alpha value is -2.63. The number of likely N-dealkylation sites (N-methyl/N-ethyl adjacent to an activating group) is 1. The Morgan fingerprint density at radius 1 is 1.11 bits per heavy atom. The zero-order chi connectivity index (χ0) is 13.6. The normalized spacial score (nSPS) is 13.7. The Morgan fingerprint density at radius 3 is 2.63 bits per heavy atom. The molecule has 19 heavy (non-hydrogen) atoms. The summed E-state index contributed by atoms with van der Waals surface area (Å²) in [6.45, 7) is 0. The number of hydrogen-bond acceptors (Lipinski definition) is 3. The average Bonchev–Trinajstić information content (AvgIpc) is 2.63. The highest BCUT2D eigenvalue weighted by atomic mass is 16.2. The first kappa shape index (κ1) is 11.5. The minimum atomic E-state index is -0.545. The summed E-state index contributed by atoms with van der Waals surface area (Å²) < 4.78 is 0. The third-order valence-electron chi connectivity index (χ3n) is 3.23. The molecule has 0 saturated heterocycles. The van der Waals surface area contributed by atoms with Crippen molar-refractivity contribution in [3.8, 4) is 11.3 Å². The maximum atomic E-state index is 11.6. The Bertz CT molecular complexity index is 760. The molecule has 0 atom stereocenters. The molecule has 0 spiro atoms. The highest BCUT2D eigenvalue weighted by Crippen LogP contribution is 2.30. The van der Waals surface area contributed by atoms with Gasteiger partial charge >= 0.3 is 5.69 Å². The van der Waals surface area contributed by atoms with Crippen LogP contribution in [-0.2, 0) is 11.2 Å². The van der Waals surface area contributed by atoms with Crippen molar-refractivity contribution in [1.82, 2.24) is 9.97 Å². The molecule has 0 bridgehead atoms. The van der Waals surface area contributed by atoms with Crippen LogP contribution in [0, 0.1) is 0 Å². The molecule has 1 aromatic heterocycles. The van der Waals surface area contributed by atoms with E-state index in [1.807, 2.05) is 12.1 Å². The molecule has 3 rings (SSSR count). The van der Waals surface area contributed by atoms with Gasteiger partial charge in [-0.1, -0.05) is 6.07 Å². The van der Waals surface area contributed by atoms with Gasteiger partial charge in [-0.2, -0.15) is 0 Å². The fraction of sp³-hybridized carbons (Fsp3) is 0.154. The number of carbonyl (C=O) groups is 1. The van der Waals surface area contributed by atoms with Gasteiger partial charge in [0, 0.05) is 18.8 Å². The number of rotatable bonds is 1. The van der Waals surface area contributed by atoms with E-state index in [0.29, 0.717) is 17.7 Å². The molecule has 0 saturated carbocycles. The molecule has 0 unspecified atom stereocenters. The van der Waals surface area contributed by atoms with Crippen LogP contribution in [0.5, 0.6) is 0 Å². The number of aromatic amines is 2. The van der Waals surface area contributed by atoms with Crippen LogP contribution in [0.2, 0.25) is 0 Å². The van der Waals surface area contributed by atoms with Crippen molar-refractivity contribution < 1.29 is 4.79 Å². The lowest BCUT2D eigenvalue weighted by Crippen LogP contribution is -2.21. The first-order chi connectivity index (χ1) is 9.04. The van der Waals surface area contributed by atoms with Crippen LogP contribution in [0.4, 0.5) is 5.69 Å². The van der Waals surface area contributed by atoms with Crippen LogP contribution in [0.3, 0.4) is 0 Å². The van der Waals surface area contributed by atoms with Crippen LogP contribution in [0.1, 0.15) is 5.56 Å². The zero-order valence-corrected chi connectivity index (χ0v) is 10.2. The number of aromatic nitrogens is 2. The SMILES string of the molecule is CN1C(=O)Cc2cc(-c3cc(=O)[nH]c(=O)[nH]3)ccc21. The molecule has 1 amide bonds. The van der Waals surface area contributed by atoms with Crippen molar-refractivity contribution >= 4 is 11.6 Å². The first-order valence-electron chi connectivity index (χ1n) is 5.78. The van der Waals surface area contributed by atoms with Gasteiger partial charge in [0.25, 0.3) is 5.56 Å². The largest absolute Gasteiger partial charge is 0.326 e. The number of amides is 1. The summed E-state index contributed by atoms with van der Waals surface area (Å²) >= 11 is 0. The number of nitrogens with one attached hydrogen (secondary N) is 2. The summed E-state index contributed by atoms with van der Waals surface area (Å²) in [4.78, 5) is 40.4. The number of fused-ring (bicyclic) bond motifs is 1. The predicted molar refractivity (Wildman–Crippen MR) is 70.2 cm³/mol. The van der Waals surface area contributed by atoms with Crippen molar-refractivity contribution in [3.05, 3.63) is 50.7 Å². The fourth-order valence-corrected chi connectivity index (χ4v) is 2.26. The number of H-pyrrole nitrogens is 2. The minimum absolute atomic E-state index is 0.0338. The number of hydrogen-bond donors (Lipinski definition) is 2. The predicted octanol–water partition coefficient (Wildman–Crippen LogP) is 0.249. The van der Waals surface area contributed by atoms with Crippen molar-refractivity contribution in [2.75, 3.05) is 11.9 Å². The molecule has 1 aliphatic rings. The molecule has 2 aromatic rings. The minimum Gasteiger partial charge on any atom is -0.315 e. The van der Waals surface area contributed by atoms with E-state index in [4.69, 9.17) is 0 Å². The lowest BCUT2D eigenvalue weighted by atomic mass is 10.1. The molecular weight excluding hydrogens is 246 g/mol. The van der Waals surface area contributed by atoms with E-state index in [1.165, 1.54) is 6.07 Å². The van der Waals surface area contributed by atoms with Crippen molar-refractivity contribution in [2.24, 2.45) is 0 Å². The van der Waals surface area contributed by atoms with Crippen molar-refractivity contribution in [1.29, 1.82) is 0 Å². The molecule has 1 aromatic carbocycles. The van der Waals surface area contributed by atoms with E-state index >= 15 is 0 Å². The maximum absolute atomic E-state index is 11.6. The highest BCUT2D eigenvalue weighted by Gasteiger charge is 2.24. The smallest absolute Gasteiger partial charge is 0.315 e. The van der Waals surface area contributed by atoms with Gasteiger partial charge in [-0.15, -0.1) is 0 Å². The second-order valence-electron chi connectivity index (χ2n) is 4.47. The second-order valence-corrected chi connectivity index (χ2v) is 4.47. The summed E-state index contributed by atoms with van der Waals surface area (Å²) in [5.74, 6) is 0.0338. The molecule has 0 fully saturated rings. The number of benzene rings is 1. The fourth-order valence-electron chi connectivity index (χ4n) is 2.26. The summed E-state index contributed by atoms with van der Waals surface area (Å²) in [6.07, 6.45) is 0.340. The molecule has 2 heterocycles. The molecule has 6 heteroatoms. The number of nitrogens with zero attached hydrogens (tertiary/aromatic N) is 1. The molecular formula is C13H11N3O3. The van der Waals surface area contributed by atoms with Gasteiger partial charge in [0.05, 0.1) is 12.1 Å². The van der Waals surface area contributed by atoms with Gasteiger partial charge in [-0.3, -0.25) is 14.6 Å². The Balaban J connectivity index is 2.14. The Morgan fingerprint density at radius 2 is 1.89 bits per heavy atom. The van der Waals surface area contributed by atoms with Crippen molar-refractivity contribution in [2.45, 2.75) is 6.42 Å². The lowest BCUT2D eigenvalue weighted by molar-refractivity contribution is -0.117. The van der Waals surface area contributed by atoms with Gasteiger partial charge in [-0.05, 0) is 23.3 Å². The van der Waals surface area contributed by atoms with Gasteiger partial charge in [0.1, 0.15) is 0 Å². The van der Waals surface area contributed by atoms with E-state index in [0.717, 1.165) is 11.3 Å². The molecule has 0 aliphatic carbocycles. The highest BCUT2D eigenvalue weighted by molar-refractivity contribution is 6.01. The van der Waals surface area contributed by atoms with Gasteiger partial charge < -0.3 is 9.88 Å². The molecule has 0 radical (unpaired) electrons. The monoisotopic (exact) mass is 257 g/mol. The van der Waals surface area contributed by atoms with E-state index in [9.17, 15) is 14.4 Å². The second kappa shape index (κ2) is 3.94. The maximum Gasteiger partial charge on any atom is 0.326 e. The third-order valence-corrected chi connectivity index (χ3v) is 3.23. The zero-order valence-electron chi connectivity index (χ0n) is 10.2. The van der Waals surface area contributed by atoms with Crippen molar-refractivity contribution in [3.63, 3.8) is 0 Å². The van der Waals surface area contributed by atoms with Crippen LogP contribution in [-0.4, -0.2) is 22.9 Å². The van der Waals surface area contributed by atoms with Crippen LogP contribution < -0.4 is 16.1 Å². The van der Waals surface area contributed by atoms with E-state index in [-0.39, 0.29) is 5.91 Å². The topological polar surface area (TPSA) is 86.0 Å². The Kier molecular flexibility index (Phi) is 2.38. The summed E-state index contributed by atoms with van der Waals surface area (Å²) in [7, 11) is 1.73. The lowest BCUT2D eigenvalue weighted by Gasteiger charge is -2.10. The van der Waals surface area contributed by atoms with Gasteiger partial charge in [0.15, 0.2) is 0 Å². The quantitative estimate of drug-likeness (QED) is 0.767. The van der Waals surface area contributed by atoms with E-state index in [2.05, 4.69) is 9.97 Å². The van der Waals surface area contributed by atoms with E-state index in [1.54, 1.807) is 18.0 Å². The van der Waals surface area contributed by atoms with Gasteiger partial charge in [-0.25, -0.2) is 4.79 Å².